The van der Waals surface area contributed by atoms with E-state index in [4.69, 9.17) is 33.0 Å². The number of halogens is 2. The van der Waals surface area contributed by atoms with Crippen molar-refractivity contribution in [2.75, 3.05) is 13.7 Å². The summed E-state index contributed by atoms with van der Waals surface area (Å²) in [6.45, 7) is 0.760. The smallest absolute Gasteiger partial charge is 0.341 e. The topological polar surface area (TPSA) is 110 Å². The maximum Gasteiger partial charge on any atom is 0.341 e. The van der Waals surface area contributed by atoms with Gasteiger partial charge in [0.1, 0.15) is 6.04 Å². The standard InChI is InChI=1S/C16H13Cl2NO7S/c1-7(15(23)25-2)19-14(22)11(27-16(19)24)5-8-3-9(17)13(10(18)4-8)26-6-12(20)21/h3-5,7H,6H2,1-2H3,(H,20,21)/b11-5+/t7-/m1/s1. The van der Waals surface area contributed by atoms with Crippen LogP contribution in [-0.4, -0.2) is 52.8 Å². The normalized spacial score (nSPS) is 16.6. The molecule has 1 atom stereocenters. The van der Waals surface area contributed by atoms with E-state index < -0.39 is 35.7 Å². The minimum Gasteiger partial charge on any atom is -0.479 e. The number of hydrogen-bond acceptors (Lipinski definition) is 7. The third kappa shape index (κ3) is 4.74. The Morgan fingerprint density at radius 3 is 2.41 bits per heavy atom. The van der Waals surface area contributed by atoms with Gasteiger partial charge in [0, 0.05) is 0 Å². The van der Waals surface area contributed by atoms with Crippen molar-refractivity contribution in [3.63, 3.8) is 0 Å². The first-order chi connectivity index (χ1) is 12.6. The lowest BCUT2D eigenvalue weighted by atomic mass is 10.2. The Kier molecular flexibility index (Phi) is 6.74. The zero-order valence-electron chi connectivity index (χ0n) is 14.0. The second kappa shape index (κ2) is 8.64. The Hall–Kier alpha value is -2.23. The molecule has 1 aromatic carbocycles. The number of thioether (sulfide) groups is 1. The zero-order chi connectivity index (χ0) is 20.3. The highest BCUT2D eigenvalue weighted by molar-refractivity contribution is 8.18. The van der Waals surface area contributed by atoms with Crippen molar-refractivity contribution in [2.24, 2.45) is 0 Å². The first-order valence-electron chi connectivity index (χ1n) is 7.34. The number of ether oxygens (including phenoxy) is 2. The third-order valence-electron chi connectivity index (χ3n) is 3.41. The highest BCUT2D eigenvalue weighted by Gasteiger charge is 2.41. The van der Waals surface area contributed by atoms with E-state index in [0.717, 1.165) is 12.0 Å². The quantitative estimate of drug-likeness (QED) is 0.538. The van der Waals surface area contributed by atoms with Gasteiger partial charge < -0.3 is 14.6 Å². The van der Waals surface area contributed by atoms with E-state index in [9.17, 15) is 19.2 Å². The first-order valence-corrected chi connectivity index (χ1v) is 8.91. The van der Waals surface area contributed by atoms with Crippen LogP contribution in [0.4, 0.5) is 4.79 Å². The molecular formula is C16H13Cl2NO7S. The molecule has 2 rings (SSSR count). The van der Waals surface area contributed by atoms with Crippen LogP contribution in [0.5, 0.6) is 5.75 Å². The fourth-order valence-electron chi connectivity index (χ4n) is 2.18. The molecule has 0 bridgehead atoms. The number of imide groups is 1. The van der Waals surface area contributed by atoms with Crippen molar-refractivity contribution in [1.29, 1.82) is 0 Å². The van der Waals surface area contributed by atoms with Gasteiger partial charge in [-0.25, -0.2) is 9.59 Å². The summed E-state index contributed by atoms with van der Waals surface area (Å²) in [5, 5.41) is 8.12. The summed E-state index contributed by atoms with van der Waals surface area (Å²) in [5.74, 6) is -2.57. The van der Waals surface area contributed by atoms with E-state index in [2.05, 4.69) is 4.74 Å². The number of aliphatic carboxylic acids is 1. The van der Waals surface area contributed by atoms with Gasteiger partial charge in [-0.15, -0.1) is 0 Å². The molecule has 8 nitrogen and oxygen atoms in total. The number of carboxylic acids is 1. The maximum absolute atomic E-state index is 12.4. The maximum atomic E-state index is 12.4. The third-order valence-corrected chi connectivity index (χ3v) is 4.86. The number of carbonyl (C=O) groups is 4. The molecule has 1 saturated heterocycles. The van der Waals surface area contributed by atoms with Crippen molar-refractivity contribution >= 4 is 64.1 Å². The lowest BCUT2D eigenvalue weighted by Crippen LogP contribution is -2.42. The molecule has 0 aromatic heterocycles. The van der Waals surface area contributed by atoms with Crippen LogP contribution in [0.25, 0.3) is 6.08 Å². The van der Waals surface area contributed by atoms with Crippen LogP contribution in [0.3, 0.4) is 0 Å². The number of rotatable bonds is 6. The van der Waals surface area contributed by atoms with Crippen LogP contribution in [0, 0.1) is 0 Å². The van der Waals surface area contributed by atoms with Gasteiger partial charge in [-0.1, -0.05) is 23.2 Å². The van der Waals surface area contributed by atoms with Gasteiger partial charge in [0.25, 0.3) is 11.1 Å². The van der Waals surface area contributed by atoms with E-state index in [1.807, 2.05) is 0 Å². The van der Waals surface area contributed by atoms with Gasteiger partial charge in [-0.2, -0.15) is 0 Å². The van der Waals surface area contributed by atoms with Crippen LogP contribution in [0.2, 0.25) is 10.0 Å². The first kappa shape index (κ1) is 21.1. The molecule has 0 aliphatic carbocycles. The summed E-state index contributed by atoms with van der Waals surface area (Å²) >= 11 is 12.8. The van der Waals surface area contributed by atoms with E-state index in [-0.39, 0.29) is 20.7 Å². The van der Waals surface area contributed by atoms with E-state index in [1.165, 1.54) is 25.1 Å². The number of methoxy groups -OCH3 is 1. The molecule has 0 unspecified atom stereocenters. The summed E-state index contributed by atoms with van der Waals surface area (Å²) in [4.78, 5) is 47.6. The number of carboxylic acid groups (broad SMARTS) is 1. The highest BCUT2D eigenvalue weighted by atomic mass is 35.5. The Balaban J connectivity index is 2.29. The van der Waals surface area contributed by atoms with E-state index in [0.29, 0.717) is 17.3 Å². The van der Waals surface area contributed by atoms with E-state index >= 15 is 0 Å². The Bertz CT molecular complexity index is 832. The number of nitrogens with zero attached hydrogens (tertiary/aromatic N) is 1. The van der Waals surface area contributed by atoms with Gasteiger partial charge in [0.2, 0.25) is 0 Å². The fraction of sp³-hybridized carbons (Fsp3) is 0.250. The molecule has 11 heteroatoms. The second-order valence-corrected chi connectivity index (χ2v) is 7.05. The molecule has 0 radical (unpaired) electrons. The van der Waals surface area contributed by atoms with Crippen LogP contribution < -0.4 is 4.74 Å². The molecule has 1 N–H and O–H groups in total. The molecule has 1 aromatic rings. The van der Waals surface area contributed by atoms with Crippen LogP contribution in [0.1, 0.15) is 12.5 Å². The molecule has 144 valence electrons. The van der Waals surface area contributed by atoms with Crippen molar-refractivity contribution in [3.8, 4) is 5.75 Å². The Labute approximate surface area is 168 Å². The minimum atomic E-state index is -1.19. The van der Waals surface area contributed by atoms with Crippen LogP contribution in [0.15, 0.2) is 17.0 Å². The fourth-order valence-corrected chi connectivity index (χ4v) is 3.70. The number of esters is 1. The molecule has 2 amide bonds. The Morgan fingerprint density at radius 1 is 1.30 bits per heavy atom. The molecule has 0 spiro atoms. The number of carbonyl (C=O) groups excluding carboxylic acids is 3. The molecule has 1 aliphatic heterocycles. The molecule has 27 heavy (non-hydrogen) atoms. The lowest BCUT2D eigenvalue weighted by Gasteiger charge is -2.18. The van der Waals surface area contributed by atoms with Gasteiger partial charge in [0.15, 0.2) is 12.4 Å². The van der Waals surface area contributed by atoms with Crippen LogP contribution >= 0.6 is 35.0 Å². The van der Waals surface area contributed by atoms with Gasteiger partial charge >= 0.3 is 11.9 Å². The predicted molar refractivity (Wildman–Crippen MR) is 98.9 cm³/mol. The second-order valence-electron chi connectivity index (χ2n) is 5.25. The Morgan fingerprint density at radius 2 is 1.89 bits per heavy atom. The van der Waals surface area contributed by atoms with Gasteiger partial charge in [-0.05, 0) is 42.5 Å². The predicted octanol–water partition coefficient (Wildman–Crippen LogP) is 3.05. The summed E-state index contributed by atoms with van der Waals surface area (Å²) in [6, 6.07) is 1.75. The number of amides is 2. The minimum absolute atomic E-state index is 0.00898. The lowest BCUT2D eigenvalue weighted by molar-refractivity contribution is -0.148. The van der Waals surface area contributed by atoms with Crippen molar-refractivity contribution < 1.29 is 33.8 Å². The van der Waals surface area contributed by atoms with Gasteiger partial charge in [-0.3, -0.25) is 14.5 Å². The molecular weight excluding hydrogens is 421 g/mol. The van der Waals surface area contributed by atoms with Crippen molar-refractivity contribution in [3.05, 3.63) is 32.6 Å². The van der Waals surface area contributed by atoms with Crippen molar-refractivity contribution in [1.82, 2.24) is 4.90 Å². The van der Waals surface area contributed by atoms with Crippen LogP contribution in [-0.2, 0) is 19.1 Å². The molecule has 1 fully saturated rings. The van der Waals surface area contributed by atoms with E-state index in [1.54, 1.807) is 0 Å². The summed E-state index contributed by atoms with van der Waals surface area (Å²) in [6.07, 6.45) is 1.38. The molecule has 1 aliphatic rings. The van der Waals surface area contributed by atoms with Gasteiger partial charge in [0.05, 0.1) is 22.1 Å². The summed E-state index contributed by atoms with van der Waals surface area (Å²) < 4.78 is 9.56. The zero-order valence-corrected chi connectivity index (χ0v) is 16.4. The largest absolute Gasteiger partial charge is 0.479 e. The average molecular weight is 434 g/mol. The average Bonchev–Trinajstić information content (AvgIpc) is 2.86. The molecule has 1 heterocycles. The summed E-state index contributed by atoms with van der Waals surface area (Å²) in [5.41, 5.74) is 0.392. The molecule has 0 saturated carbocycles. The SMILES string of the molecule is COC(=O)[C@@H](C)N1C(=O)S/C(=C/c2cc(Cl)c(OCC(=O)O)c(Cl)c2)C1=O. The number of benzene rings is 1. The summed E-state index contributed by atoms with van der Waals surface area (Å²) in [7, 11) is 1.16. The van der Waals surface area contributed by atoms with Crippen molar-refractivity contribution in [2.45, 2.75) is 13.0 Å². The number of hydrogen-bond donors (Lipinski definition) is 1. The highest BCUT2D eigenvalue weighted by Crippen LogP contribution is 2.38. The monoisotopic (exact) mass is 433 g/mol.